The van der Waals surface area contributed by atoms with E-state index in [4.69, 9.17) is 10.0 Å². The van der Waals surface area contributed by atoms with Gasteiger partial charge in [0, 0.05) is 0 Å². The molecular formula is CH6BNO2. The first-order chi connectivity index (χ1) is 2.27. The third-order valence-corrected chi connectivity index (χ3v) is 0.258. The van der Waals surface area contributed by atoms with E-state index in [0.29, 0.717) is 0 Å². The zero-order valence-electron chi connectivity index (χ0n) is 2.97. The number of rotatable bonds is 1. The van der Waals surface area contributed by atoms with E-state index in [0.717, 1.165) is 0 Å². The number of nitrogens with one attached hydrogen (secondary N) is 1. The highest BCUT2D eigenvalue weighted by Crippen LogP contribution is 1.43. The Kier molecular flexibility index (Phi) is 2.17. The first-order valence-corrected chi connectivity index (χ1v) is 1.31. The van der Waals surface area contributed by atoms with Crippen molar-refractivity contribution in [3.05, 3.63) is 0 Å². The Bertz CT molecular complexity index is 23.6. The molecule has 0 saturated carbocycles. The molecule has 0 aliphatic carbocycles. The van der Waals surface area contributed by atoms with Gasteiger partial charge < -0.3 is 15.3 Å². The molecule has 0 aromatic rings. The Labute approximate surface area is 30.8 Å². The summed E-state index contributed by atoms with van der Waals surface area (Å²) in [6, 6.07) is 0. The monoisotopic (exact) mass is 75.0 g/mol. The van der Waals surface area contributed by atoms with Crippen LogP contribution in [0.4, 0.5) is 0 Å². The van der Waals surface area contributed by atoms with E-state index in [2.05, 4.69) is 5.23 Å². The van der Waals surface area contributed by atoms with Crippen molar-refractivity contribution < 1.29 is 10.0 Å². The standard InChI is InChI=1S/CH6BNO2/c1-3-2(4)5/h3-5H,1H3. The minimum absolute atomic E-state index is 1.37. The van der Waals surface area contributed by atoms with Gasteiger partial charge in [0.05, 0.1) is 0 Å². The molecule has 0 aliphatic rings. The van der Waals surface area contributed by atoms with Crippen LogP contribution in [-0.2, 0) is 0 Å². The highest BCUT2D eigenvalue weighted by molar-refractivity contribution is 6.37. The fourth-order valence-corrected chi connectivity index (χ4v) is 0. The van der Waals surface area contributed by atoms with Gasteiger partial charge in [0.1, 0.15) is 0 Å². The molecule has 0 bridgehead atoms. The minimum Gasteiger partial charge on any atom is -0.413 e. The first kappa shape index (κ1) is 4.94. The Morgan fingerprint density at radius 2 is 1.80 bits per heavy atom. The molecule has 0 heterocycles. The molecule has 30 valence electrons. The van der Waals surface area contributed by atoms with Crippen LogP contribution in [0.5, 0.6) is 0 Å². The molecule has 3 nitrogen and oxygen atoms in total. The minimum atomic E-state index is -1.37. The summed E-state index contributed by atoms with van der Waals surface area (Å²) >= 11 is 0. The number of hydrogen-bond donors (Lipinski definition) is 3. The lowest BCUT2D eigenvalue weighted by Gasteiger charge is -1.85. The van der Waals surface area contributed by atoms with E-state index in [1.165, 1.54) is 7.05 Å². The van der Waals surface area contributed by atoms with Crippen LogP contribution in [0.1, 0.15) is 0 Å². The molecule has 0 aromatic heterocycles. The van der Waals surface area contributed by atoms with Crippen molar-refractivity contribution in [3.63, 3.8) is 0 Å². The predicted molar refractivity (Wildman–Crippen MR) is 19.3 cm³/mol. The second-order valence-corrected chi connectivity index (χ2v) is 0.662. The molecule has 0 atom stereocenters. The van der Waals surface area contributed by atoms with Crippen molar-refractivity contribution in [1.82, 2.24) is 5.23 Å². The van der Waals surface area contributed by atoms with Gasteiger partial charge >= 0.3 is 7.25 Å². The third kappa shape index (κ3) is 3.94. The summed E-state index contributed by atoms with van der Waals surface area (Å²) in [6.45, 7) is 0. The maximum Gasteiger partial charge on any atom is 0.548 e. The molecular weight excluding hydrogens is 68.8 g/mol. The predicted octanol–water partition coefficient (Wildman–Crippen LogP) is -1.82. The van der Waals surface area contributed by atoms with E-state index in [1.54, 1.807) is 0 Å². The van der Waals surface area contributed by atoms with Gasteiger partial charge in [-0.2, -0.15) is 0 Å². The largest absolute Gasteiger partial charge is 0.548 e. The van der Waals surface area contributed by atoms with E-state index >= 15 is 0 Å². The highest BCUT2D eigenvalue weighted by Gasteiger charge is 1.96. The summed E-state index contributed by atoms with van der Waals surface area (Å²) < 4.78 is 0. The van der Waals surface area contributed by atoms with Crippen LogP contribution in [0.25, 0.3) is 0 Å². The van der Waals surface area contributed by atoms with E-state index in [9.17, 15) is 0 Å². The molecule has 0 radical (unpaired) electrons. The molecule has 4 heteroatoms. The summed E-state index contributed by atoms with van der Waals surface area (Å²) in [6.07, 6.45) is 0. The Balaban J connectivity index is 2.54. The van der Waals surface area contributed by atoms with Crippen LogP contribution >= 0.6 is 0 Å². The molecule has 0 fully saturated rings. The van der Waals surface area contributed by atoms with Gasteiger partial charge in [0.2, 0.25) is 0 Å². The van der Waals surface area contributed by atoms with Crippen molar-refractivity contribution in [1.29, 1.82) is 0 Å². The van der Waals surface area contributed by atoms with Crippen LogP contribution in [-0.4, -0.2) is 24.3 Å². The lowest BCUT2D eigenvalue weighted by atomic mass is 10.2. The van der Waals surface area contributed by atoms with Crippen LogP contribution in [0.3, 0.4) is 0 Å². The average molecular weight is 74.9 g/mol. The zero-order valence-corrected chi connectivity index (χ0v) is 2.97. The lowest BCUT2D eigenvalue weighted by molar-refractivity contribution is 0.393. The summed E-state index contributed by atoms with van der Waals surface area (Å²) in [5.41, 5.74) is 0. The van der Waals surface area contributed by atoms with Crippen molar-refractivity contribution in [2.75, 3.05) is 7.05 Å². The smallest absolute Gasteiger partial charge is 0.413 e. The quantitative estimate of drug-likeness (QED) is 0.321. The molecule has 0 aromatic carbocycles. The number of hydrogen-bond acceptors (Lipinski definition) is 3. The van der Waals surface area contributed by atoms with E-state index < -0.39 is 7.25 Å². The van der Waals surface area contributed by atoms with Crippen molar-refractivity contribution in [2.24, 2.45) is 0 Å². The maximum atomic E-state index is 7.81. The molecule has 3 N–H and O–H groups in total. The molecule has 0 aliphatic heterocycles. The van der Waals surface area contributed by atoms with Crippen LogP contribution in [0.15, 0.2) is 0 Å². The Hall–Kier alpha value is -0.0551. The second kappa shape index (κ2) is 2.20. The van der Waals surface area contributed by atoms with E-state index in [-0.39, 0.29) is 0 Å². The molecule has 0 unspecified atom stereocenters. The normalized spacial score (nSPS) is 7.80. The molecule has 0 saturated heterocycles. The molecule has 0 amide bonds. The molecule has 5 heavy (non-hydrogen) atoms. The fourth-order valence-electron chi connectivity index (χ4n) is 0. The second-order valence-electron chi connectivity index (χ2n) is 0.662. The molecule has 0 rings (SSSR count). The van der Waals surface area contributed by atoms with Gasteiger partial charge in [-0.25, -0.2) is 0 Å². The third-order valence-electron chi connectivity index (χ3n) is 0.258. The maximum absolute atomic E-state index is 7.81. The first-order valence-electron chi connectivity index (χ1n) is 1.31. The van der Waals surface area contributed by atoms with Gasteiger partial charge in [-0.05, 0) is 7.05 Å². The van der Waals surface area contributed by atoms with Gasteiger partial charge in [0.15, 0.2) is 0 Å². The van der Waals surface area contributed by atoms with Crippen LogP contribution < -0.4 is 5.23 Å². The van der Waals surface area contributed by atoms with E-state index in [1.807, 2.05) is 0 Å². The van der Waals surface area contributed by atoms with Gasteiger partial charge in [-0.1, -0.05) is 0 Å². The lowest BCUT2D eigenvalue weighted by Crippen LogP contribution is -2.29. The van der Waals surface area contributed by atoms with Crippen molar-refractivity contribution >= 4 is 7.25 Å². The van der Waals surface area contributed by atoms with Crippen molar-refractivity contribution in [3.8, 4) is 0 Å². The van der Waals surface area contributed by atoms with Gasteiger partial charge in [0.25, 0.3) is 0 Å². The average Bonchev–Trinajstić information content (AvgIpc) is 1.38. The van der Waals surface area contributed by atoms with Crippen molar-refractivity contribution in [2.45, 2.75) is 0 Å². The van der Waals surface area contributed by atoms with Crippen LogP contribution in [0.2, 0.25) is 0 Å². The van der Waals surface area contributed by atoms with Gasteiger partial charge in [-0.15, -0.1) is 0 Å². The zero-order chi connectivity index (χ0) is 4.28. The fraction of sp³-hybridized carbons (Fsp3) is 1.00. The SMILES string of the molecule is CNB(O)O. The summed E-state index contributed by atoms with van der Waals surface area (Å²) in [5, 5.41) is 17.8. The Morgan fingerprint density at radius 1 is 1.60 bits per heavy atom. The summed E-state index contributed by atoms with van der Waals surface area (Å²) in [7, 11) is 0.0833. The Morgan fingerprint density at radius 3 is 1.80 bits per heavy atom. The van der Waals surface area contributed by atoms with Gasteiger partial charge in [-0.3, -0.25) is 0 Å². The summed E-state index contributed by atoms with van der Waals surface area (Å²) in [5.74, 6) is 0. The molecule has 0 spiro atoms. The van der Waals surface area contributed by atoms with Crippen LogP contribution in [0, 0.1) is 0 Å². The highest BCUT2D eigenvalue weighted by atomic mass is 16.4. The topological polar surface area (TPSA) is 52.5 Å². The summed E-state index contributed by atoms with van der Waals surface area (Å²) in [4.78, 5) is 0.